The highest BCUT2D eigenvalue weighted by molar-refractivity contribution is 5.94. The number of hydrogen-bond donors (Lipinski definition) is 2. The molecule has 114 valence electrons. The molecule has 1 heterocycles. The fourth-order valence-corrected chi connectivity index (χ4v) is 2.98. The number of hydrogen-bond acceptors (Lipinski definition) is 3. The first-order chi connectivity index (χ1) is 10.6. The van der Waals surface area contributed by atoms with Crippen LogP contribution in [0.3, 0.4) is 0 Å². The Balaban J connectivity index is 1.65. The van der Waals surface area contributed by atoms with Crippen LogP contribution in [-0.4, -0.2) is 22.0 Å². The summed E-state index contributed by atoms with van der Waals surface area (Å²) >= 11 is 0. The van der Waals surface area contributed by atoms with Crippen LogP contribution in [0.5, 0.6) is 0 Å². The monoisotopic (exact) mass is 298 g/mol. The number of amides is 1. The second kappa shape index (κ2) is 6.13. The fourth-order valence-electron chi connectivity index (χ4n) is 2.98. The molecule has 1 fully saturated rings. The zero-order valence-electron chi connectivity index (χ0n) is 12.2. The summed E-state index contributed by atoms with van der Waals surface area (Å²) in [6.45, 7) is 0. The normalized spacial score (nSPS) is 21.5. The Morgan fingerprint density at radius 3 is 2.36 bits per heavy atom. The minimum Gasteiger partial charge on any atom is -0.481 e. The standard InChI is InChI=1S/C17H18N2O3/c20-16(11-5-7-12(8-6-11)17(21)22)19-15-9-13-3-1-2-4-14(13)10-18-15/h1-4,9-12H,5-8H2,(H,21,22)(H,18,19,20). The van der Waals surface area contributed by atoms with Crippen LogP contribution in [0, 0.1) is 11.8 Å². The van der Waals surface area contributed by atoms with Gasteiger partial charge in [-0.25, -0.2) is 4.98 Å². The van der Waals surface area contributed by atoms with E-state index in [1.54, 1.807) is 6.20 Å². The van der Waals surface area contributed by atoms with Crippen molar-refractivity contribution in [2.45, 2.75) is 25.7 Å². The maximum absolute atomic E-state index is 12.3. The Morgan fingerprint density at radius 2 is 1.68 bits per heavy atom. The topological polar surface area (TPSA) is 79.3 Å². The Hall–Kier alpha value is -2.43. The number of carbonyl (C=O) groups excluding carboxylic acids is 1. The van der Waals surface area contributed by atoms with Gasteiger partial charge in [-0.1, -0.05) is 24.3 Å². The molecule has 0 bridgehead atoms. The number of benzene rings is 1. The number of pyridine rings is 1. The van der Waals surface area contributed by atoms with Crippen molar-refractivity contribution < 1.29 is 14.7 Å². The van der Waals surface area contributed by atoms with Crippen LogP contribution in [0.15, 0.2) is 36.5 Å². The summed E-state index contributed by atoms with van der Waals surface area (Å²) in [4.78, 5) is 27.5. The number of carboxylic acids is 1. The van der Waals surface area contributed by atoms with Crippen molar-refractivity contribution in [1.82, 2.24) is 4.98 Å². The van der Waals surface area contributed by atoms with E-state index in [1.807, 2.05) is 30.3 Å². The molecule has 3 rings (SSSR count). The van der Waals surface area contributed by atoms with Crippen LogP contribution in [0.1, 0.15) is 25.7 Å². The van der Waals surface area contributed by atoms with Crippen molar-refractivity contribution in [3.63, 3.8) is 0 Å². The number of carbonyl (C=O) groups is 2. The van der Waals surface area contributed by atoms with Gasteiger partial charge < -0.3 is 10.4 Å². The zero-order valence-corrected chi connectivity index (χ0v) is 12.2. The van der Waals surface area contributed by atoms with Crippen molar-refractivity contribution in [2.75, 3.05) is 5.32 Å². The Kier molecular flexibility index (Phi) is 4.04. The maximum Gasteiger partial charge on any atom is 0.306 e. The number of aliphatic carboxylic acids is 1. The molecule has 1 aromatic carbocycles. The smallest absolute Gasteiger partial charge is 0.306 e. The molecule has 0 aliphatic heterocycles. The summed E-state index contributed by atoms with van der Waals surface area (Å²) in [5.41, 5.74) is 0. The quantitative estimate of drug-likeness (QED) is 0.912. The van der Waals surface area contributed by atoms with E-state index in [0.717, 1.165) is 10.8 Å². The molecule has 1 aromatic heterocycles. The van der Waals surface area contributed by atoms with Crippen LogP contribution < -0.4 is 5.32 Å². The van der Waals surface area contributed by atoms with Crippen molar-refractivity contribution in [3.05, 3.63) is 36.5 Å². The first kappa shape index (κ1) is 14.5. The van der Waals surface area contributed by atoms with Gasteiger partial charge in [-0.2, -0.15) is 0 Å². The highest BCUT2D eigenvalue weighted by Gasteiger charge is 2.29. The van der Waals surface area contributed by atoms with E-state index in [1.165, 1.54) is 0 Å². The van der Waals surface area contributed by atoms with Crippen LogP contribution in [-0.2, 0) is 9.59 Å². The largest absolute Gasteiger partial charge is 0.481 e. The van der Waals surface area contributed by atoms with Gasteiger partial charge in [0.05, 0.1) is 5.92 Å². The van der Waals surface area contributed by atoms with E-state index in [2.05, 4.69) is 10.3 Å². The predicted octanol–water partition coefficient (Wildman–Crippen LogP) is 3.06. The maximum atomic E-state index is 12.3. The molecule has 0 saturated heterocycles. The minimum atomic E-state index is -0.755. The first-order valence-corrected chi connectivity index (χ1v) is 7.52. The lowest BCUT2D eigenvalue weighted by atomic mass is 9.81. The molecule has 0 radical (unpaired) electrons. The molecule has 1 aliphatic rings. The van der Waals surface area contributed by atoms with Gasteiger partial charge in [-0.05, 0) is 37.1 Å². The highest BCUT2D eigenvalue weighted by Crippen LogP contribution is 2.29. The number of nitrogens with zero attached hydrogens (tertiary/aromatic N) is 1. The second-order valence-electron chi connectivity index (χ2n) is 5.79. The molecule has 0 spiro atoms. The molecule has 0 unspecified atom stereocenters. The van der Waals surface area contributed by atoms with Gasteiger partial charge >= 0.3 is 5.97 Å². The third-order valence-electron chi connectivity index (χ3n) is 4.33. The summed E-state index contributed by atoms with van der Waals surface area (Å²) in [7, 11) is 0. The summed E-state index contributed by atoms with van der Waals surface area (Å²) in [6.07, 6.45) is 4.12. The van der Waals surface area contributed by atoms with Gasteiger partial charge in [0.2, 0.25) is 5.91 Å². The number of nitrogens with one attached hydrogen (secondary N) is 1. The number of anilines is 1. The first-order valence-electron chi connectivity index (χ1n) is 7.52. The van der Waals surface area contributed by atoms with E-state index < -0.39 is 5.97 Å². The van der Waals surface area contributed by atoms with Gasteiger partial charge in [0.1, 0.15) is 5.82 Å². The predicted molar refractivity (Wildman–Crippen MR) is 83.5 cm³/mol. The van der Waals surface area contributed by atoms with Gasteiger partial charge in [-0.3, -0.25) is 9.59 Å². The van der Waals surface area contributed by atoms with Crippen LogP contribution in [0.25, 0.3) is 10.8 Å². The SMILES string of the molecule is O=C(O)C1CCC(C(=O)Nc2cc3ccccc3cn2)CC1. The zero-order chi connectivity index (χ0) is 15.5. The number of fused-ring (bicyclic) bond motifs is 1. The van der Waals surface area contributed by atoms with Gasteiger partial charge in [-0.15, -0.1) is 0 Å². The van der Waals surface area contributed by atoms with E-state index in [0.29, 0.717) is 31.5 Å². The molecular weight excluding hydrogens is 280 g/mol. The average molecular weight is 298 g/mol. The number of rotatable bonds is 3. The molecule has 2 N–H and O–H groups in total. The van der Waals surface area contributed by atoms with E-state index in [-0.39, 0.29) is 17.7 Å². The highest BCUT2D eigenvalue weighted by atomic mass is 16.4. The molecule has 5 nitrogen and oxygen atoms in total. The Bertz CT molecular complexity index is 706. The Morgan fingerprint density at radius 1 is 1.05 bits per heavy atom. The molecule has 5 heteroatoms. The van der Waals surface area contributed by atoms with E-state index in [9.17, 15) is 9.59 Å². The molecular formula is C17H18N2O3. The molecule has 2 aromatic rings. The van der Waals surface area contributed by atoms with Gasteiger partial charge in [0.15, 0.2) is 0 Å². The minimum absolute atomic E-state index is 0.0633. The van der Waals surface area contributed by atoms with Crippen LogP contribution >= 0.6 is 0 Å². The van der Waals surface area contributed by atoms with Crippen molar-refractivity contribution in [2.24, 2.45) is 11.8 Å². The lowest BCUT2D eigenvalue weighted by Gasteiger charge is -2.25. The fraction of sp³-hybridized carbons (Fsp3) is 0.353. The summed E-state index contributed by atoms with van der Waals surface area (Å²) in [5, 5.41) is 13.9. The van der Waals surface area contributed by atoms with Crippen LogP contribution in [0.2, 0.25) is 0 Å². The van der Waals surface area contributed by atoms with Crippen molar-refractivity contribution in [3.8, 4) is 0 Å². The summed E-state index contributed by atoms with van der Waals surface area (Å²) < 4.78 is 0. The van der Waals surface area contributed by atoms with Gasteiger partial charge in [0.25, 0.3) is 0 Å². The Labute approximate surface area is 128 Å². The third-order valence-corrected chi connectivity index (χ3v) is 4.33. The van der Waals surface area contributed by atoms with Crippen molar-refractivity contribution in [1.29, 1.82) is 0 Å². The number of aromatic nitrogens is 1. The van der Waals surface area contributed by atoms with Gasteiger partial charge in [0, 0.05) is 17.5 Å². The van der Waals surface area contributed by atoms with E-state index >= 15 is 0 Å². The average Bonchev–Trinajstić information content (AvgIpc) is 2.55. The lowest BCUT2D eigenvalue weighted by molar-refractivity contribution is -0.143. The molecule has 0 atom stereocenters. The number of carboxylic acid groups (broad SMARTS) is 1. The van der Waals surface area contributed by atoms with E-state index in [4.69, 9.17) is 5.11 Å². The summed E-state index contributed by atoms with van der Waals surface area (Å²) in [5.74, 6) is -0.697. The molecule has 1 amide bonds. The summed E-state index contributed by atoms with van der Waals surface area (Å²) in [6, 6.07) is 9.70. The molecule has 1 saturated carbocycles. The molecule has 22 heavy (non-hydrogen) atoms. The molecule has 1 aliphatic carbocycles. The van der Waals surface area contributed by atoms with Crippen molar-refractivity contribution >= 4 is 28.5 Å². The van der Waals surface area contributed by atoms with Crippen LogP contribution in [0.4, 0.5) is 5.82 Å². The lowest BCUT2D eigenvalue weighted by Crippen LogP contribution is -2.29. The third kappa shape index (κ3) is 3.08. The second-order valence-corrected chi connectivity index (χ2v) is 5.79.